The molecule has 22 unspecified atom stereocenters. The Hall–Kier alpha value is -3.56. The number of carbonyl (C=O) groups excluding carboxylic acids is 4. The van der Waals surface area contributed by atoms with Gasteiger partial charge >= 0.3 is 11.9 Å². The Morgan fingerprint density at radius 1 is 0.896 bits per heavy atom. The molecule has 0 bridgehead atoms. The molecule has 0 aliphatic carbocycles. The number of benzene rings is 1. The van der Waals surface area contributed by atoms with E-state index >= 15 is 0 Å². The summed E-state index contributed by atoms with van der Waals surface area (Å²) < 4.78 is 43.2. The lowest BCUT2D eigenvalue weighted by Crippen LogP contribution is -2.71. The van der Waals surface area contributed by atoms with Crippen LogP contribution in [0.25, 0.3) is 0 Å². The highest BCUT2D eigenvalue weighted by Crippen LogP contribution is 2.51. The van der Waals surface area contributed by atoms with E-state index in [0.717, 1.165) is 0 Å². The van der Waals surface area contributed by atoms with E-state index in [2.05, 4.69) is 5.32 Å². The maximum atomic E-state index is 14.2. The molecule has 5 aliphatic heterocycles. The quantitative estimate of drug-likeness (QED) is 0.110. The number of cyclic esters (lactones) is 1. The van der Waals surface area contributed by atoms with Gasteiger partial charge in [-0.2, -0.15) is 0 Å². The number of carbonyl (C=O) groups is 5. The Balaban J connectivity index is 0.000000362. The van der Waals surface area contributed by atoms with Gasteiger partial charge < -0.3 is 84.6 Å². The van der Waals surface area contributed by atoms with Gasteiger partial charge in [0.2, 0.25) is 11.8 Å². The highest BCUT2D eigenvalue weighted by atomic mass is 32.2. The molecule has 5 fully saturated rings. The van der Waals surface area contributed by atoms with Crippen LogP contribution in [-0.2, 0) is 57.1 Å². The number of aliphatic carboxylic acids is 1. The molecule has 5 heterocycles. The number of nitrogens with one attached hydrogen (secondary N) is 1. The molecule has 5 aliphatic rings. The number of aromatic hydroxyl groups is 1. The Bertz CT molecular complexity index is 2220. The van der Waals surface area contributed by atoms with Crippen molar-refractivity contribution in [3.63, 3.8) is 0 Å². The molecule has 9 N–H and O–H groups in total. The molecule has 0 spiro atoms. The average Bonchev–Trinajstić information content (AvgIpc) is 3.65. The summed E-state index contributed by atoms with van der Waals surface area (Å²) in [5.74, 6) is -6.41. The van der Waals surface area contributed by atoms with Crippen LogP contribution in [0.3, 0.4) is 0 Å². The van der Waals surface area contributed by atoms with Crippen LogP contribution in [0.15, 0.2) is 24.3 Å². The molecule has 1 aromatic carbocycles. The standard InChI is InChI=1S/C38H69NO13.C16H19N3O5S/c1-15-26-38(10,45)31(42)21(4)28(40)19(2)17-37(9,47-14)33(52-35-29(41)25(39(11)12)16-20(3)48-35)22(5)30(23(6)34(44)50-26)51-27-18-36(8,46-13)32(43)24(7)49-27;1-16(2)11(15(23)24)19-13(22)10(14(19)25-16)18-12(21)9(17)7-3-5-8(20)6-4-7/h19-27,29-33,35,41-43,45H,15-18H2,1-14H3;3-6,9-11,14,20H,17H2,1-2H3,(H,18,21)(H,23,24). The van der Waals surface area contributed by atoms with E-state index < -0.39 is 148 Å². The van der Waals surface area contributed by atoms with Gasteiger partial charge in [0.1, 0.15) is 58.9 Å². The lowest BCUT2D eigenvalue weighted by Gasteiger charge is -2.50. The van der Waals surface area contributed by atoms with Crippen molar-refractivity contribution in [2.75, 3.05) is 28.3 Å². The van der Waals surface area contributed by atoms with E-state index in [0.29, 0.717) is 12.0 Å². The second kappa shape index (κ2) is 25.1. The van der Waals surface area contributed by atoms with Crippen molar-refractivity contribution in [1.82, 2.24) is 15.1 Å². The van der Waals surface area contributed by atoms with Crippen molar-refractivity contribution in [2.24, 2.45) is 29.4 Å². The topological polar surface area (TPSA) is 316 Å². The SMILES string of the molecule is CC1(C)SC2C(NC(=O)C(N)c3ccc(O)cc3)C(=O)N2C1C(=O)O.CCC1OC(=O)C(C)C(OC2CC(C)(OC)C(O)C(C)O2)C(C)C(OC2OC(C)CC(N(C)C)C2O)C(C)(OC)CC(C)C(=O)C(C)C(O)C1(C)O. The van der Waals surface area contributed by atoms with Gasteiger partial charge in [-0.3, -0.25) is 19.2 Å². The zero-order chi connectivity index (χ0) is 58.2. The van der Waals surface area contributed by atoms with Crippen LogP contribution < -0.4 is 11.1 Å². The van der Waals surface area contributed by atoms with Crippen molar-refractivity contribution in [2.45, 2.75) is 221 Å². The molecule has 0 radical (unpaired) electrons. The highest BCUT2D eigenvalue weighted by Gasteiger charge is 2.64. The zero-order valence-corrected chi connectivity index (χ0v) is 48.4. The number of phenolic OH excluding ortho intramolecular Hbond substituents is 1. The number of hydrogen-bond donors (Lipinski definition) is 8. The Labute approximate surface area is 457 Å². The number of nitrogens with zero attached hydrogens (tertiary/aromatic N) is 2. The van der Waals surface area contributed by atoms with Gasteiger partial charge in [-0.05, 0) is 106 Å². The second-order valence-corrected chi connectivity index (χ2v) is 25.1. The van der Waals surface area contributed by atoms with Gasteiger partial charge in [0.15, 0.2) is 12.6 Å². The number of thioether (sulfide) groups is 1. The number of aliphatic hydroxyl groups is 4. The minimum absolute atomic E-state index is 0.0606. The maximum Gasteiger partial charge on any atom is 0.327 e. The predicted molar refractivity (Wildman–Crippen MR) is 282 cm³/mol. The molecular weight excluding hydrogens is 1020 g/mol. The summed E-state index contributed by atoms with van der Waals surface area (Å²) in [6.45, 7) is 20.6. The number of amides is 2. The number of ketones is 1. The van der Waals surface area contributed by atoms with Gasteiger partial charge in [-0.15, -0.1) is 11.8 Å². The number of fused-ring (bicyclic) bond motifs is 1. The number of ether oxygens (including phenoxy) is 7. The Morgan fingerprint density at radius 3 is 2.04 bits per heavy atom. The summed E-state index contributed by atoms with van der Waals surface area (Å²) in [6.07, 6.45) is -8.73. The summed E-state index contributed by atoms with van der Waals surface area (Å²) in [5, 5.41) is 66.4. The number of hydrogen-bond acceptors (Lipinski definition) is 20. The molecule has 438 valence electrons. The number of carboxylic acids is 1. The van der Waals surface area contributed by atoms with Crippen LogP contribution in [0.1, 0.15) is 120 Å². The maximum absolute atomic E-state index is 14.2. The smallest absolute Gasteiger partial charge is 0.327 e. The van der Waals surface area contributed by atoms with Gasteiger partial charge in [0.05, 0.1) is 47.6 Å². The summed E-state index contributed by atoms with van der Waals surface area (Å²) >= 11 is 1.35. The van der Waals surface area contributed by atoms with Crippen molar-refractivity contribution in [1.29, 1.82) is 0 Å². The molecule has 2 amide bonds. The molecule has 23 heteroatoms. The van der Waals surface area contributed by atoms with E-state index in [4.69, 9.17) is 38.9 Å². The number of aliphatic hydroxyl groups excluding tert-OH is 3. The lowest BCUT2D eigenvalue weighted by atomic mass is 9.74. The second-order valence-electron chi connectivity index (χ2n) is 23.3. The number of β-lactam (4-membered cyclic amide) rings is 1. The average molecular weight is 1110 g/mol. The van der Waals surface area contributed by atoms with E-state index in [-0.39, 0.29) is 42.9 Å². The van der Waals surface area contributed by atoms with Crippen LogP contribution in [0.4, 0.5) is 0 Å². The number of rotatable bonds is 12. The number of likely N-dealkylation sites (N-methyl/N-ethyl adjacent to an activating group) is 1. The van der Waals surface area contributed by atoms with E-state index in [1.54, 1.807) is 62.3 Å². The van der Waals surface area contributed by atoms with Crippen LogP contribution in [0.5, 0.6) is 5.75 Å². The number of phenols is 1. The molecular formula is C54H88N4O18S. The van der Waals surface area contributed by atoms with Crippen LogP contribution in [0.2, 0.25) is 0 Å². The first-order valence-corrected chi connectivity index (χ1v) is 27.5. The third kappa shape index (κ3) is 13.5. The minimum atomic E-state index is -1.96. The summed E-state index contributed by atoms with van der Waals surface area (Å²) in [4.78, 5) is 67.5. The molecule has 77 heavy (non-hydrogen) atoms. The van der Waals surface area contributed by atoms with Crippen molar-refractivity contribution >= 4 is 41.3 Å². The Morgan fingerprint density at radius 2 is 1.49 bits per heavy atom. The Kier molecular flexibility index (Phi) is 20.9. The van der Waals surface area contributed by atoms with Gasteiger partial charge in [-0.25, -0.2) is 4.79 Å². The lowest BCUT2D eigenvalue weighted by molar-refractivity contribution is -0.319. The first-order valence-electron chi connectivity index (χ1n) is 26.6. The van der Waals surface area contributed by atoms with E-state index in [1.165, 1.54) is 62.1 Å². The first kappa shape index (κ1) is 64.3. The van der Waals surface area contributed by atoms with Crippen molar-refractivity contribution < 1.29 is 87.8 Å². The first-order chi connectivity index (χ1) is 35.6. The molecule has 1 aromatic rings. The zero-order valence-electron chi connectivity index (χ0n) is 47.6. The fourth-order valence-corrected chi connectivity index (χ4v) is 13.4. The monoisotopic (exact) mass is 1110 g/mol. The van der Waals surface area contributed by atoms with Gasteiger partial charge in [-0.1, -0.05) is 39.8 Å². The third-order valence-corrected chi connectivity index (χ3v) is 18.3. The number of carboxylic acid groups (broad SMARTS) is 1. The number of Topliss-reactive ketones (excluding diaryl/α,β-unsaturated/α-hetero) is 1. The van der Waals surface area contributed by atoms with Crippen molar-refractivity contribution in [3.8, 4) is 5.75 Å². The fourth-order valence-electron chi connectivity index (χ4n) is 11.8. The number of nitrogens with two attached hydrogens (primary N) is 1. The molecule has 5 saturated heterocycles. The molecule has 22 atom stereocenters. The van der Waals surface area contributed by atoms with Gasteiger partial charge in [0.25, 0.3) is 0 Å². The minimum Gasteiger partial charge on any atom is -0.508 e. The number of methoxy groups -OCH3 is 2. The molecule has 6 rings (SSSR count). The van der Waals surface area contributed by atoms with Crippen LogP contribution in [-0.4, -0.2) is 205 Å². The molecule has 22 nitrogen and oxygen atoms in total. The number of esters is 1. The summed E-state index contributed by atoms with van der Waals surface area (Å²) in [7, 11) is 6.77. The van der Waals surface area contributed by atoms with E-state index in [9.17, 15) is 54.6 Å². The largest absolute Gasteiger partial charge is 0.508 e. The fraction of sp³-hybridized carbons (Fsp3) is 0.796. The van der Waals surface area contributed by atoms with E-state index in [1.807, 2.05) is 32.8 Å². The molecule has 0 aromatic heterocycles. The van der Waals surface area contributed by atoms with Crippen molar-refractivity contribution in [3.05, 3.63) is 29.8 Å². The third-order valence-electron chi connectivity index (χ3n) is 16.8. The predicted octanol–water partition coefficient (Wildman–Crippen LogP) is 2.46. The van der Waals surface area contributed by atoms with Crippen LogP contribution in [0, 0.1) is 23.7 Å². The summed E-state index contributed by atoms with van der Waals surface area (Å²) in [6, 6.07) is 2.92. The molecule has 0 saturated carbocycles. The summed E-state index contributed by atoms with van der Waals surface area (Å²) in [5.41, 5.74) is 2.17. The highest BCUT2D eigenvalue weighted by molar-refractivity contribution is 8.01. The van der Waals surface area contributed by atoms with Gasteiger partial charge in [0, 0.05) is 49.2 Å². The normalized spacial score (nSPS) is 42.2. The van der Waals surface area contributed by atoms with Crippen LogP contribution >= 0.6 is 11.8 Å².